The predicted molar refractivity (Wildman–Crippen MR) is 55.5 cm³/mol. The molecule has 1 atom stereocenters. The van der Waals surface area contributed by atoms with Crippen LogP contribution in [0.3, 0.4) is 0 Å². The van der Waals surface area contributed by atoms with Crippen molar-refractivity contribution >= 4 is 10.0 Å². The monoisotopic (exact) mass is 221 g/mol. The first-order chi connectivity index (χ1) is 6.50. The van der Waals surface area contributed by atoms with Crippen LogP contribution >= 0.6 is 0 Å². The van der Waals surface area contributed by atoms with Crippen molar-refractivity contribution in [3.63, 3.8) is 0 Å². The van der Waals surface area contributed by atoms with Gasteiger partial charge in [0.05, 0.1) is 11.9 Å². The molecule has 84 valence electrons. The van der Waals surface area contributed by atoms with Gasteiger partial charge in [-0.25, -0.2) is 12.7 Å². The lowest BCUT2D eigenvalue weighted by molar-refractivity contribution is 0.286. The molecular formula is C9H19NO3S. The minimum atomic E-state index is -3.29. The highest BCUT2D eigenvalue weighted by atomic mass is 32.2. The van der Waals surface area contributed by atoms with Crippen molar-refractivity contribution in [3.8, 4) is 0 Å². The molecule has 1 aliphatic rings. The van der Waals surface area contributed by atoms with E-state index >= 15 is 0 Å². The van der Waals surface area contributed by atoms with Crippen molar-refractivity contribution in [2.75, 3.05) is 13.7 Å². The molecule has 0 bridgehead atoms. The van der Waals surface area contributed by atoms with Crippen LogP contribution in [0.5, 0.6) is 0 Å². The van der Waals surface area contributed by atoms with E-state index in [1.807, 2.05) is 0 Å². The summed E-state index contributed by atoms with van der Waals surface area (Å²) in [7, 11) is -1.67. The Balaban J connectivity index is 2.71. The van der Waals surface area contributed by atoms with E-state index in [0.717, 1.165) is 25.7 Å². The Morgan fingerprint density at radius 2 is 1.93 bits per heavy atom. The van der Waals surface area contributed by atoms with Crippen LogP contribution in [0.25, 0.3) is 0 Å². The highest BCUT2D eigenvalue weighted by Gasteiger charge is 2.32. The molecule has 0 spiro atoms. The lowest BCUT2D eigenvalue weighted by atomic mass is 10.3. The number of aliphatic hydroxyl groups excluding tert-OH is 1. The zero-order chi connectivity index (χ0) is 10.8. The quantitative estimate of drug-likeness (QED) is 0.755. The number of rotatable bonds is 4. The minimum Gasteiger partial charge on any atom is -0.395 e. The molecule has 0 aliphatic heterocycles. The summed E-state index contributed by atoms with van der Waals surface area (Å²) >= 11 is 0. The van der Waals surface area contributed by atoms with Crippen molar-refractivity contribution in [2.24, 2.45) is 0 Å². The Hall–Kier alpha value is -0.130. The molecule has 0 aromatic heterocycles. The number of sulfonamides is 1. The van der Waals surface area contributed by atoms with Gasteiger partial charge in [0.15, 0.2) is 0 Å². The molecule has 0 aromatic rings. The van der Waals surface area contributed by atoms with Crippen LogP contribution in [0.2, 0.25) is 0 Å². The average Bonchev–Trinajstić information content (AvgIpc) is 2.67. The van der Waals surface area contributed by atoms with Gasteiger partial charge < -0.3 is 5.11 Å². The molecule has 1 aliphatic carbocycles. The predicted octanol–water partition coefficient (Wildman–Crippen LogP) is 0.571. The highest BCUT2D eigenvalue weighted by molar-refractivity contribution is 7.89. The standard InChI is InChI=1S/C9H19NO3S/c1-8(7-11)14(12,13)10(2)9-5-3-4-6-9/h8-9,11H,3-7H2,1-2H3. The van der Waals surface area contributed by atoms with Crippen molar-refractivity contribution in [1.82, 2.24) is 4.31 Å². The molecule has 0 aromatic carbocycles. The molecule has 1 rings (SSSR count). The first-order valence-electron chi connectivity index (χ1n) is 5.08. The molecule has 0 heterocycles. The van der Waals surface area contributed by atoms with E-state index in [0.29, 0.717) is 0 Å². The molecule has 1 saturated carbocycles. The van der Waals surface area contributed by atoms with Gasteiger partial charge in [0.2, 0.25) is 10.0 Å². The maximum atomic E-state index is 11.8. The molecule has 0 saturated heterocycles. The van der Waals surface area contributed by atoms with Gasteiger partial charge in [-0.05, 0) is 19.8 Å². The first-order valence-corrected chi connectivity index (χ1v) is 6.58. The van der Waals surface area contributed by atoms with Gasteiger partial charge >= 0.3 is 0 Å². The Morgan fingerprint density at radius 3 is 2.36 bits per heavy atom. The fourth-order valence-electron chi connectivity index (χ4n) is 1.85. The zero-order valence-electron chi connectivity index (χ0n) is 8.81. The first kappa shape index (κ1) is 11.9. The number of hydrogen-bond donors (Lipinski definition) is 1. The SMILES string of the molecule is CC(CO)S(=O)(=O)N(C)C1CCCC1. The maximum Gasteiger partial charge on any atom is 0.218 e. The summed E-state index contributed by atoms with van der Waals surface area (Å²) in [5.74, 6) is 0. The summed E-state index contributed by atoms with van der Waals surface area (Å²) in [5.41, 5.74) is 0. The van der Waals surface area contributed by atoms with Gasteiger partial charge in [-0.2, -0.15) is 0 Å². The summed E-state index contributed by atoms with van der Waals surface area (Å²) in [6.45, 7) is 1.24. The zero-order valence-corrected chi connectivity index (χ0v) is 9.63. The molecule has 0 amide bonds. The lowest BCUT2D eigenvalue weighted by Crippen LogP contribution is -2.41. The second-order valence-electron chi connectivity index (χ2n) is 3.99. The van der Waals surface area contributed by atoms with Crippen LogP contribution in [-0.4, -0.2) is 42.8 Å². The Kier molecular flexibility index (Phi) is 3.92. The van der Waals surface area contributed by atoms with Crippen molar-refractivity contribution in [3.05, 3.63) is 0 Å². The van der Waals surface area contributed by atoms with Gasteiger partial charge in [-0.3, -0.25) is 0 Å². The van der Waals surface area contributed by atoms with E-state index in [9.17, 15) is 8.42 Å². The normalized spacial score (nSPS) is 21.7. The number of hydrogen-bond acceptors (Lipinski definition) is 3. The second kappa shape index (κ2) is 4.59. The van der Waals surface area contributed by atoms with Crippen LogP contribution < -0.4 is 0 Å². The van der Waals surface area contributed by atoms with E-state index in [1.54, 1.807) is 14.0 Å². The third kappa shape index (κ3) is 2.27. The van der Waals surface area contributed by atoms with Gasteiger partial charge in [0.1, 0.15) is 0 Å². The minimum absolute atomic E-state index is 0.147. The summed E-state index contributed by atoms with van der Waals surface area (Å²) in [5, 5.41) is 8.17. The van der Waals surface area contributed by atoms with Gasteiger partial charge in [0, 0.05) is 13.1 Å². The largest absolute Gasteiger partial charge is 0.395 e. The van der Waals surface area contributed by atoms with Gasteiger partial charge in [-0.1, -0.05) is 12.8 Å². The lowest BCUT2D eigenvalue weighted by Gasteiger charge is -2.26. The van der Waals surface area contributed by atoms with Crippen LogP contribution in [0.15, 0.2) is 0 Å². The van der Waals surface area contributed by atoms with E-state index in [-0.39, 0.29) is 12.6 Å². The van der Waals surface area contributed by atoms with Gasteiger partial charge in [0.25, 0.3) is 0 Å². The van der Waals surface area contributed by atoms with E-state index < -0.39 is 15.3 Å². The number of aliphatic hydroxyl groups is 1. The second-order valence-corrected chi connectivity index (χ2v) is 6.40. The molecular weight excluding hydrogens is 202 g/mol. The van der Waals surface area contributed by atoms with E-state index in [2.05, 4.69) is 0 Å². The maximum absolute atomic E-state index is 11.8. The third-order valence-electron chi connectivity index (χ3n) is 3.01. The highest BCUT2D eigenvalue weighted by Crippen LogP contribution is 2.25. The fourth-order valence-corrected chi connectivity index (χ4v) is 3.24. The summed E-state index contributed by atoms with van der Waals surface area (Å²) in [6.07, 6.45) is 4.12. The smallest absolute Gasteiger partial charge is 0.218 e. The van der Waals surface area contributed by atoms with Gasteiger partial charge in [-0.15, -0.1) is 0 Å². The summed E-state index contributed by atoms with van der Waals surface area (Å²) < 4.78 is 25.1. The van der Waals surface area contributed by atoms with Crippen molar-refractivity contribution in [1.29, 1.82) is 0 Å². The van der Waals surface area contributed by atoms with Crippen LogP contribution in [0, 0.1) is 0 Å². The van der Waals surface area contributed by atoms with E-state index in [4.69, 9.17) is 5.11 Å². The fraction of sp³-hybridized carbons (Fsp3) is 1.00. The molecule has 4 nitrogen and oxygen atoms in total. The third-order valence-corrected chi connectivity index (χ3v) is 5.27. The molecule has 0 radical (unpaired) electrons. The summed E-state index contributed by atoms with van der Waals surface area (Å²) in [6, 6.07) is 0.147. The molecule has 1 fully saturated rings. The topological polar surface area (TPSA) is 57.6 Å². The average molecular weight is 221 g/mol. The van der Waals surface area contributed by atoms with Crippen LogP contribution in [0.1, 0.15) is 32.6 Å². The Labute approximate surface area is 86.0 Å². The van der Waals surface area contributed by atoms with Crippen LogP contribution in [-0.2, 0) is 10.0 Å². The summed E-state index contributed by atoms with van der Waals surface area (Å²) in [4.78, 5) is 0. The Bertz CT molecular complexity index is 270. The van der Waals surface area contributed by atoms with Crippen molar-refractivity contribution < 1.29 is 13.5 Å². The molecule has 14 heavy (non-hydrogen) atoms. The van der Waals surface area contributed by atoms with E-state index in [1.165, 1.54) is 4.31 Å². The number of nitrogens with zero attached hydrogens (tertiary/aromatic N) is 1. The molecule has 1 unspecified atom stereocenters. The molecule has 1 N–H and O–H groups in total. The Morgan fingerprint density at radius 1 is 1.43 bits per heavy atom. The van der Waals surface area contributed by atoms with Crippen LogP contribution in [0.4, 0.5) is 0 Å². The molecule has 5 heteroatoms. The van der Waals surface area contributed by atoms with Crippen molar-refractivity contribution in [2.45, 2.75) is 43.9 Å².